The maximum Gasteiger partial charge on any atom is 0.224 e. The van der Waals surface area contributed by atoms with Gasteiger partial charge in [0.25, 0.3) is 0 Å². The molecule has 1 aromatic heterocycles. The number of nitrogens with one attached hydrogen (secondary N) is 1. The number of imidazole rings is 1. The van der Waals surface area contributed by atoms with Crippen LogP contribution in [0.1, 0.15) is 25.2 Å². The summed E-state index contributed by atoms with van der Waals surface area (Å²) in [7, 11) is 1.63. The Labute approximate surface area is 160 Å². The van der Waals surface area contributed by atoms with Gasteiger partial charge in [-0.15, -0.1) is 0 Å². The van der Waals surface area contributed by atoms with Crippen molar-refractivity contribution in [3.05, 3.63) is 59.9 Å². The number of fused-ring (bicyclic) bond motifs is 1. The van der Waals surface area contributed by atoms with Crippen molar-refractivity contribution >= 4 is 16.9 Å². The molecular formula is C22H27N3O2. The zero-order chi connectivity index (χ0) is 19.2. The zero-order valence-corrected chi connectivity index (χ0v) is 16.2. The Morgan fingerprint density at radius 1 is 1.15 bits per heavy atom. The van der Waals surface area contributed by atoms with E-state index in [9.17, 15) is 4.79 Å². The van der Waals surface area contributed by atoms with Crippen molar-refractivity contribution in [2.75, 3.05) is 13.7 Å². The highest BCUT2D eigenvalue weighted by Crippen LogP contribution is 2.18. The number of carbonyl (C=O) groups excluding carboxylic acids is 1. The average molecular weight is 365 g/mol. The number of amides is 1. The molecule has 0 aliphatic heterocycles. The van der Waals surface area contributed by atoms with Crippen LogP contribution in [0.25, 0.3) is 11.0 Å². The molecule has 0 saturated heterocycles. The number of aromatic nitrogens is 2. The topological polar surface area (TPSA) is 56.1 Å². The summed E-state index contributed by atoms with van der Waals surface area (Å²) in [4.78, 5) is 17.0. The van der Waals surface area contributed by atoms with E-state index in [-0.39, 0.29) is 5.91 Å². The number of nitrogens with zero attached hydrogens (tertiary/aromatic N) is 2. The van der Waals surface area contributed by atoms with Gasteiger partial charge in [0.1, 0.15) is 11.6 Å². The fourth-order valence-electron chi connectivity index (χ4n) is 3.19. The minimum atomic E-state index is 0.0201. The molecule has 0 radical (unpaired) electrons. The fourth-order valence-corrected chi connectivity index (χ4v) is 3.19. The smallest absolute Gasteiger partial charge is 0.224 e. The van der Waals surface area contributed by atoms with Gasteiger partial charge < -0.3 is 14.6 Å². The lowest BCUT2D eigenvalue weighted by Gasteiger charge is -2.12. The minimum Gasteiger partial charge on any atom is -0.497 e. The quantitative estimate of drug-likeness (QED) is 0.663. The van der Waals surface area contributed by atoms with Crippen molar-refractivity contribution in [1.82, 2.24) is 14.9 Å². The molecule has 0 bridgehead atoms. The molecule has 5 heteroatoms. The molecule has 1 N–H and O–H groups in total. The maximum atomic E-state index is 12.2. The van der Waals surface area contributed by atoms with Crippen LogP contribution in [0, 0.1) is 5.92 Å². The predicted molar refractivity (Wildman–Crippen MR) is 108 cm³/mol. The van der Waals surface area contributed by atoms with Crippen molar-refractivity contribution in [2.24, 2.45) is 5.92 Å². The van der Waals surface area contributed by atoms with Gasteiger partial charge in [-0.1, -0.05) is 38.1 Å². The van der Waals surface area contributed by atoms with E-state index in [2.05, 4.69) is 29.8 Å². The van der Waals surface area contributed by atoms with Gasteiger partial charge in [0.05, 0.1) is 24.6 Å². The number of carbonyl (C=O) groups is 1. The van der Waals surface area contributed by atoms with E-state index in [1.807, 2.05) is 42.5 Å². The van der Waals surface area contributed by atoms with Crippen LogP contribution in [-0.4, -0.2) is 29.1 Å². The SMILES string of the molecule is COc1ccc(CC(=O)NCCc2nc3ccccc3n2CC(C)C)cc1. The van der Waals surface area contributed by atoms with Crippen LogP contribution in [0.4, 0.5) is 0 Å². The highest BCUT2D eigenvalue weighted by atomic mass is 16.5. The van der Waals surface area contributed by atoms with E-state index in [1.165, 1.54) is 0 Å². The standard InChI is InChI=1S/C22H27N3O2/c1-16(2)15-25-20-7-5-4-6-19(20)24-21(25)12-13-23-22(26)14-17-8-10-18(27-3)11-9-17/h4-11,16H,12-15H2,1-3H3,(H,23,26). The van der Waals surface area contributed by atoms with E-state index in [4.69, 9.17) is 9.72 Å². The molecule has 27 heavy (non-hydrogen) atoms. The molecule has 0 saturated carbocycles. The lowest BCUT2D eigenvalue weighted by Crippen LogP contribution is -2.28. The van der Waals surface area contributed by atoms with E-state index in [0.29, 0.717) is 18.9 Å². The molecule has 5 nitrogen and oxygen atoms in total. The van der Waals surface area contributed by atoms with Crippen LogP contribution >= 0.6 is 0 Å². The third-order valence-electron chi connectivity index (χ3n) is 4.48. The summed E-state index contributed by atoms with van der Waals surface area (Å²) in [6, 6.07) is 15.8. The summed E-state index contributed by atoms with van der Waals surface area (Å²) >= 11 is 0. The predicted octanol–water partition coefficient (Wildman–Crippen LogP) is 3.60. The molecule has 0 unspecified atom stereocenters. The normalized spacial score (nSPS) is 11.1. The van der Waals surface area contributed by atoms with Gasteiger partial charge in [-0.05, 0) is 35.7 Å². The Balaban J connectivity index is 1.60. The number of rotatable bonds is 8. The van der Waals surface area contributed by atoms with E-state index < -0.39 is 0 Å². The monoisotopic (exact) mass is 365 g/mol. The second-order valence-corrected chi connectivity index (χ2v) is 7.15. The first kappa shape index (κ1) is 19.0. The molecule has 0 atom stereocenters. The molecule has 1 amide bonds. The third-order valence-corrected chi connectivity index (χ3v) is 4.48. The van der Waals surface area contributed by atoms with Crippen LogP contribution in [-0.2, 0) is 24.2 Å². The number of benzene rings is 2. The van der Waals surface area contributed by atoms with E-state index in [1.54, 1.807) is 7.11 Å². The Bertz CT molecular complexity index is 898. The Morgan fingerprint density at radius 3 is 2.59 bits per heavy atom. The second-order valence-electron chi connectivity index (χ2n) is 7.15. The molecule has 0 spiro atoms. The molecule has 3 rings (SSSR count). The average Bonchev–Trinajstić information content (AvgIpc) is 2.99. The highest BCUT2D eigenvalue weighted by molar-refractivity contribution is 5.78. The molecule has 3 aromatic rings. The third kappa shape index (κ3) is 4.88. The van der Waals surface area contributed by atoms with Crippen molar-refractivity contribution in [3.63, 3.8) is 0 Å². The number of hydrogen-bond donors (Lipinski definition) is 1. The van der Waals surface area contributed by atoms with Crippen molar-refractivity contribution in [1.29, 1.82) is 0 Å². The van der Waals surface area contributed by atoms with Crippen LogP contribution in [0.3, 0.4) is 0 Å². The molecule has 142 valence electrons. The first-order chi connectivity index (χ1) is 13.1. The minimum absolute atomic E-state index is 0.0201. The number of para-hydroxylation sites is 2. The maximum absolute atomic E-state index is 12.2. The van der Waals surface area contributed by atoms with Crippen LogP contribution in [0.5, 0.6) is 5.75 Å². The Morgan fingerprint density at radius 2 is 1.89 bits per heavy atom. The van der Waals surface area contributed by atoms with E-state index in [0.717, 1.165) is 41.1 Å². The largest absolute Gasteiger partial charge is 0.497 e. The molecule has 1 heterocycles. The molecule has 0 aliphatic carbocycles. The van der Waals surface area contributed by atoms with Crippen LogP contribution in [0.15, 0.2) is 48.5 Å². The number of methoxy groups -OCH3 is 1. The highest BCUT2D eigenvalue weighted by Gasteiger charge is 2.12. The molecule has 2 aromatic carbocycles. The van der Waals surface area contributed by atoms with E-state index >= 15 is 0 Å². The van der Waals surface area contributed by atoms with Crippen molar-refractivity contribution in [2.45, 2.75) is 33.2 Å². The van der Waals surface area contributed by atoms with Gasteiger partial charge in [0.15, 0.2) is 0 Å². The lowest BCUT2D eigenvalue weighted by molar-refractivity contribution is -0.120. The van der Waals surface area contributed by atoms with Gasteiger partial charge in [0.2, 0.25) is 5.91 Å². The lowest BCUT2D eigenvalue weighted by atomic mass is 10.1. The molecule has 0 aliphatic rings. The first-order valence-corrected chi connectivity index (χ1v) is 9.40. The van der Waals surface area contributed by atoms with Gasteiger partial charge in [-0.25, -0.2) is 4.98 Å². The first-order valence-electron chi connectivity index (χ1n) is 9.40. The Kier molecular flexibility index (Phi) is 6.12. The summed E-state index contributed by atoms with van der Waals surface area (Å²) in [6.07, 6.45) is 1.09. The second kappa shape index (κ2) is 8.71. The summed E-state index contributed by atoms with van der Waals surface area (Å²) in [6.45, 7) is 5.91. The fraction of sp³-hybridized carbons (Fsp3) is 0.364. The summed E-state index contributed by atoms with van der Waals surface area (Å²) in [5, 5.41) is 3.01. The summed E-state index contributed by atoms with van der Waals surface area (Å²) in [5.74, 6) is 2.37. The van der Waals surface area contributed by atoms with Crippen molar-refractivity contribution in [3.8, 4) is 5.75 Å². The summed E-state index contributed by atoms with van der Waals surface area (Å²) < 4.78 is 7.42. The summed E-state index contributed by atoms with van der Waals surface area (Å²) in [5.41, 5.74) is 3.14. The van der Waals surface area contributed by atoms with Gasteiger partial charge in [-0.2, -0.15) is 0 Å². The molecule has 0 fully saturated rings. The van der Waals surface area contributed by atoms with Crippen molar-refractivity contribution < 1.29 is 9.53 Å². The van der Waals surface area contributed by atoms with Gasteiger partial charge in [0, 0.05) is 19.5 Å². The molecular weight excluding hydrogens is 338 g/mol. The zero-order valence-electron chi connectivity index (χ0n) is 16.2. The number of hydrogen-bond acceptors (Lipinski definition) is 3. The number of ether oxygens (including phenoxy) is 1. The van der Waals surface area contributed by atoms with Crippen LogP contribution in [0.2, 0.25) is 0 Å². The van der Waals surface area contributed by atoms with Gasteiger partial charge in [-0.3, -0.25) is 4.79 Å². The Hall–Kier alpha value is -2.82. The van der Waals surface area contributed by atoms with Crippen LogP contribution < -0.4 is 10.1 Å². The van der Waals surface area contributed by atoms with Gasteiger partial charge >= 0.3 is 0 Å².